The average Bonchev–Trinajstić information content (AvgIpc) is 2.48. The zero-order valence-corrected chi connectivity index (χ0v) is 12.8. The van der Waals surface area contributed by atoms with Gasteiger partial charge in [0.25, 0.3) is 5.91 Å². The number of benzene rings is 2. The number of phenolic OH excluding ortho intramolecular Hbond substituents is 1. The van der Waals surface area contributed by atoms with Gasteiger partial charge in [-0.3, -0.25) is 4.79 Å². The highest BCUT2D eigenvalue weighted by atomic mass is 79.9. The third-order valence-corrected chi connectivity index (χ3v) is 3.79. The Balaban J connectivity index is 1.99. The molecule has 1 N–H and O–H groups in total. The molecule has 2 aromatic rings. The maximum absolute atomic E-state index is 12.2. The Labute approximate surface area is 127 Å². The molecule has 0 atom stereocenters. The number of carbonyl (C=O) groups is 1. The third kappa shape index (κ3) is 3.61. The van der Waals surface area contributed by atoms with Gasteiger partial charge in [-0.15, -0.1) is 0 Å². The molecule has 0 unspecified atom stereocenters. The highest BCUT2D eigenvalue weighted by Crippen LogP contribution is 2.24. The van der Waals surface area contributed by atoms with Crippen molar-refractivity contribution < 1.29 is 9.90 Å². The molecule has 0 aromatic heterocycles. The number of nitrogens with zero attached hydrogens (tertiary/aromatic N) is 1. The van der Waals surface area contributed by atoms with Crippen molar-refractivity contribution in [1.82, 2.24) is 4.90 Å². The van der Waals surface area contributed by atoms with Crippen LogP contribution in [-0.2, 0) is 6.42 Å². The number of hydrogen-bond acceptors (Lipinski definition) is 2. The van der Waals surface area contributed by atoms with Crippen molar-refractivity contribution in [1.29, 1.82) is 0 Å². The van der Waals surface area contributed by atoms with Crippen LogP contribution in [0.5, 0.6) is 5.75 Å². The summed E-state index contributed by atoms with van der Waals surface area (Å²) in [4.78, 5) is 13.9. The Morgan fingerprint density at radius 1 is 1.20 bits per heavy atom. The number of halogens is 1. The van der Waals surface area contributed by atoms with Crippen LogP contribution in [-0.4, -0.2) is 29.5 Å². The largest absolute Gasteiger partial charge is 0.507 e. The zero-order chi connectivity index (χ0) is 14.5. The van der Waals surface area contributed by atoms with Crippen LogP contribution < -0.4 is 0 Å². The second-order valence-corrected chi connectivity index (χ2v) is 5.48. The Morgan fingerprint density at radius 3 is 2.55 bits per heavy atom. The quantitative estimate of drug-likeness (QED) is 0.930. The van der Waals surface area contributed by atoms with Crippen LogP contribution in [0.1, 0.15) is 15.9 Å². The van der Waals surface area contributed by atoms with E-state index in [2.05, 4.69) is 15.9 Å². The van der Waals surface area contributed by atoms with Gasteiger partial charge in [-0.1, -0.05) is 30.3 Å². The van der Waals surface area contributed by atoms with E-state index in [1.165, 1.54) is 11.6 Å². The lowest BCUT2D eigenvalue weighted by Crippen LogP contribution is -2.28. The number of aromatic hydroxyl groups is 1. The van der Waals surface area contributed by atoms with Crippen molar-refractivity contribution in [3.8, 4) is 5.75 Å². The summed E-state index contributed by atoms with van der Waals surface area (Å²) in [6.45, 7) is 0.639. The summed E-state index contributed by atoms with van der Waals surface area (Å²) < 4.78 is 0.584. The van der Waals surface area contributed by atoms with Gasteiger partial charge >= 0.3 is 0 Å². The SMILES string of the molecule is CN(CCc1ccccc1)C(=O)c1ccc(Br)c(O)c1. The Kier molecular flexibility index (Phi) is 4.79. The topological polar surface area (TPSA) is 40.5 Å². The first-order chi connectivity index (χ1) is 9.58. The Morgan fingerprint density at radius 2 is 1.90 bits per heavy atom. The Bertz CT molecular complexity index is 599. The molecule has 20 heavy (non-hydrogen) atoms. The molecule has 2 rings (SSSR count). The first kappa shape index (κ1) is 14.6. The first-order valence-corrected chi connectivity index (χ1v) is 7.15. The molecule has 0 radical (unpaired) electrons. The molecule has 104 valence electrons. The van der Waals surface area contributed by atoms with E-state index in [1.54, 1.807) is 24.1 Å². The van der Waals surface area contributed by atoms with E-state index in [0.717, 1.165) is 6.42 Å². The number of rotatable bonds is 4. The fourth-order valence-corrected chi connectivity index (χ4v) is 2.16. The van der Waals surface area contributed by atoms with Gasteiger partial charge in [0.05, 0.1) is 4.47 Å². The normalized spacial score (nSPS) is 10.3. The number of carbonyl (C=O) groups excluding carboxylic acids is 1. The minimum atomic E-state index is -0.0938. The van der Waals surface area contributed by atoms with E-state index in [0.29, 0.717) is 16.6 Å². The van der Waals surface area contributed by atoms with Crippen molar-refractivity contribution >= 4 is 21.8 Å². The van der Waals surface area contributed by atoms with E-state index in [-0.39, 0.29) is 11.7 Å². The van der Waals surface area contributed by atoms with Crippen LogP contribution in [0.3, 0.4) is 0 Å². The van der Waals surface area contributed by atoms with Crippen LogP contribution in [0.4, 0.5) is 0 Å². The van der Waals surface area contributed by atoms with Gasteiger partial charge in [0, 0.05) is 19.2 Å². The fraction of sp³-hybridized carbons (Fsp3) is 0.188. The lowest BCUT2D eigenvalue weighted by molar-refractivity contribution is 0.0796. The van der Waals surface area contributed by atoms with Crippen LogP contribution in [0, 0.1) is 0 Å². The molecule has 0 saturated carbocycles. The minimum absolute atomic E-state index is 0.0762. The summed E-state index contributed by atoms with van der Waals surface area (Å²) in [5, 5.41) is 9.62. The van der Waals surface area contributed by atoms with E-state index in [4.69, 9.17) is 0 Å². The van der Waals surface area contributed by atoms with Crippen LogP contribution in [0.2, 0.25) is 0 Å². The maximum atomic E-state index is 12.2. The summed E-state index contributed by atoms with van der Waals surface area (Å²) in [5.74, 6) is -0.0176. The van der Waals surface area contributed by atoms with Crippen molar-refractivity contribution in [2.75, 3.05) is 13.6 Å². The molecule has 3 nitrogen and oxygen atoms in total. The van der Waals surface area contributed by atoms with Gasteiger partial charge < -0.3 is 10.0 Å². The van der Waals surface area contributed by atoms with E-state index < -0.39 is 0 Å². The second-order valence-electron chi connectivity index (χ2n) is 4.63. The van der Waals surface area contributed by atoms with Crippen LogP contribution in [0.15, 0.2) is 53.0 Å². The van der Waals surface area contributed by atoms with Crippen molar-refractivity contribution in [2.24, 2.45) is 0 Å². The molecule has 0 heterocycles. The molecule has 4 heteroatoms. The van der Waals surface area contributed by atoms with Crippen LogP contribution in [0.25, 0.3) is 0 Å². The van der Waals surface area contributed by atoms with E-state index in [9.17, 15) is 9.90 Å². The second kappa shape index (κ2) is 6.57. The predicted octanol–water partition coefficient (Wildman–Crippen LogP) is 3.47. The predicted molar refractivity (Wildman–Crippen MR) is 82.9 cm³/mol. The van der Waals surface area contributed by atoms with E-state index in [1.807, 2.05) is 30.3 Å². The minimum Gasteiger partial charge on any atom is -0.507 e. The lowest BCUT2D eigenvalue weighted by Gasteiger charge is -2.17. The van der Waals surface area contributed by atoms with Gasteiger partial charge in [-0.2, -0.15) is 0 Å². The number of amides is 1. The summed E-state index contributed by atoms with van der Waals surface area (Å²) >= 11 is 3.20. The summed E-state index contributed by atoms with van der Waals surface area (Å²) in [5.41, 5.74) is 1.69. The fourth-order valence-electron chi connectivity index (χ4n) is 1.91. The van der Waals surface area contributed by atoms with Gasteiger partial charge in [0.1, 0.15) is 5.75 Å². The molecule has 2 aromatic carbocycles. The van der Waals surface area contributed by atoms with Crippen molar-refractivity contribution in [3.63, 3.8) is 0 Å². The molecular formula is C16H16BrNO2. The number of likely N-dealkylation sites (N-methyl/N-ethyl adjacent to an activating group) is 1. The van der Waals surface area contributed by atoms with Gasteiger partial charge in [0.2, 0.25) is 0 Å². The summed E-state index contributed by atoms with van der Waals surface area (Å²) in [6.07, 6.45) is 0.811. The Hall–Kier alpha value is -1.81. The molecule has 0 fully saturated rings. The summed E-state index contributed by atoms with van der Waals surface area (Å²) in [7, 11) is 1.77. The first-order valence-electron chi connectivity index (χ1n) is 6.36. The number of hydrogen-bond donors (Lipinski definition) is 1. The third-order valence-electron chi connectivity index (χ3n) is 3.12. The van der Waals surface area contributed by atoms with Gasteiger partial charge in [0.15, 0.2) is 0 Å². The molecule has 0 bridgehead atoms. The average molecular weight is 334 g/mol. The smallest absolute Gasteiger partial charge is 0.253 e. The molecule has 0 aliphatic heterocycles. The lowest BCUT2D eigenvalue weighted by atomic mass is 10.1. The number of phenols is 1. The van der Waals surface area contributed by atoms with Crippen molar-refractivity contribution in [2.45, 2.75) is 6.42 Å². The van der Waals surface area contributed by atoms with Gasteiger partial charge in [-0.05, 0) is 46.1 Å². The van der Waals surface area contributed by atoms with E-state index >= 15 is 0 Å². The molecule has 0 spiro atoms. The molecule has 0 aliphatic carbocycles. The molecule has 0 aliphatic rings. The highest BCUT2D eigenvalue weighted by Gasteiger charge is 2.13. The molecular weight excluding hydrogens is 318 g/mol. The van der Waals surface area contributed by atoms with Crippen LogP contribution >= 0.6 is 15.9 Å². The monoisotopic (exact) mass is 333 g/mol. The molecule has 0 saturated heterocycles. The maximum Gasteiger partial charge on any atom is 0.253 e. The summed E-state index contributed by atoms with van der Waals surface area (Å²) in [6, 6.07) is 14.9. The van der Waals surface area contributed by atoms with Crippen molar-refractivity contribution in [3.05, 3.63) is 64.1 Å². The standard InChI is InChI=1S/C16H16BrNO2/c1-18(10-9-12-5-3-2-4-6-12)16(20)13-7-8-14(17)15(19)11-13/h2-8,11,19H,9-10H2,1H3. The molecule has 1 amide bonds. The highest BCUT2D eigenvalue weighted by molar-refractivity contribution is 9.10. The van der Waals surface area contributed by atoms with Gasteiger partial charge in [-0.25, -0.2) is 0 Å². The zero-order valence-electron chi connectivity index (χ0n) is 11.2.